The first-order valence-corrected chi connectivity index (χ1v) is 9.06. The summed E-state index contributed by atoms with van der Waals surface area (Å²) in [4.78, 5) is 11.4. The van der Waals surface area contributed by atoms with Crippen molar-refractivity contribution < 1.29 is 22.7 Å². The van der Waals surface area contributed by atoms with Crippen molar-refractivity contribution in [1.82, 2.24) is 10.2 Å². The number of aromatic nitrogens is 2. The predicted molar refractivity (Wildman–Crippen MR) is 104 cm³/mol. The highest BCUT2D eigenvalue weighted by Gasteiger charge is 2.34. The Hall–Kier alpha value is -2.91. The molecule has 0 bridgehead atoms. The molecule has 0 aliphatic heterocycles. The van der Waals surface area contributed by atoms with E-state index in [1.165, 1.54) is 24.4 Å². The molecule has 0 fully saturated rings. The van der Waals surface area contributed by atoms with Gasteiger partial charge in [0.1, 0.15) is 5.82 Å². The minimum atomic E-state index is -4.70. The zero-order chi connectivity index (χ0) is 22.1. The lowest BCUT2D eigenvalue weighted by atomic mass is 9.94. The second-order valence-corrected chi connectivity index (χ2v) is 7.06. The number of aliphatic hydroxyl groups excluding tert-OH is 1. The van der Waals surface area contributed by atoms with Gasteiger partial charge in [0.25, 0.3) is 5.56 Å². The number of aromatic amines is 1. The van der Waals surface area contributed by atoms with Crippen molar-refractivity contribution in [3.05, 3.63) is 91.6 Å². The number of anilines is 1. The Balaban J connectivity index is 2.06. The van der Waals surface area contributed by atoms with Gasteiger partial charge >= 0.3 is 6.18 Å². The average molecular weight is 442 g/mol. The standard InChI is InChI=1S/C20H16ClF4N3O2/c1-10-4-13(22)3-2-11(10)5-12-6-16(20(23,24)25)17(21)8-15(12)19(30)27-14-7-18(29)28-26-9-14/h2-4,6-9,19,30H,5H2,1H3,(H2,27,28,29). The predicted octanol–water partition coefficient (Wildman–Crippen LogP) is 4.58. The lowest BCUT2D eigenvalue weighted by Crippen LogP contribution is -2.17. The highest BCUT2D eigenvalue weighted by atomic mass is 35.5. The molecule has 0 aliphatic carbocycles. The first-order chi connectivity index (χ1) is 14.0. The summed E-state index contributed by atoms with van der Waals surface area (Å²) >= 11 is 5.84. The number of alkyl halides is 3. The summed E-state index contributed by atoms with van der Waals surface area (Å²) in [5, 5.41) is 18.4. The second kappa shape index (κ2) is 8.45. The summed E-state index contributed by atoms with van der Waals surface area (Å²) < 4.78 is 53.5. The molecule has 0 spiro atoms. The molecule has 0 saturated heterocycles. The van der Waals surface area contributed by atoms with Gasteiger partial charge in [-0.1, -0.05) is 17.7 Å². The molecule has 1 heterocycles. The van der Waals surface area contributed by atoms with Gasteiger partial charge < -0.3 is 10.4 Å². The van der Waals surface area contributed by atoms with E-state index in [-0.39, 0.29) is 23.2 Å². The number of aryl methyl sites for hydroxylation is 1. The molecule has 0 saturated carbocycles. The number of hydrogen-bond donors (Lipinski definition) is 3. The van der Waals surface area contributed by atoms with Gasteiger partial charge in [-0.15, -0.1) is 0 Å². The molecule has 30 heavy (non-hydrogen) atoms. The molecular weight excluding hydrogens is 426 g/mol. The van der Waals surface area contributed by atoms with Gasteiger partial charge in [-0.3, -0.25) is 4.79 Å². The van der Waals surface area contributed by atoms with Crippen molar-refractivity contribution in [1.29, 1.82) is 0 Å². The van der Waals surface area contributed by atoms with Crippen molar-refractivity contribution in [2.24, 2.45) is 0 Å². The van der Waals surface area contributed by atoms with Gasteiger partial charge in [-0.25, -0.2) is 9.49 Å². The Kier molecular flexibility index (Phi) is 6.14. The van der Waals surface area contributed by atoms with E-state index in [2.05, 4.69) is 15.5 Å². The lowest BCUT2D eigenvalue weighted by molar-refractivity contribution is -0.137. The molecule has 0 amide bonds. The fraction of sp³-hybridized carbons (Fsp3) is 0.200. The number of halogens is 5. The molecule has 3 N–H and O–H groups in total. The average Bonchev–Trinajstić information content (AvgIpc) is 2.64. The quantitative estimate of drug-likeness (QED) is 0.400. The van der Waals surface area contributed by atoms with Gasteiger partial charge in [0, 0.05) is 11.6 Å². The number of rotatable bonds is 5. The van der Waals surface area contributed by atoms with Gasteiger partial charge in [-0.2, -0.15) is 18.3 Å². The van der Waals surface area contributed by atoms with Crippen LogP contribution in [0, 0.1) is 12.7 Å². The number of benzene rings is 2. The molecule has 3 rings (SSSR count). The molecule has 5 nitrogen and oxygen atoms in total. The largest absolute Gasteiger partial charge is 0.417 e. The second-order valence-electron chi connectivity index (χ2n) is 6.66. The number of H-pyrrole nitrogens is 1. The molecule has 1 atom stereocenters. The van der Waals surface area contributed by atoms with Crippen LogP contribution in [0.3, 0.4) is 0 Å². The van der Waals surface area contributed by atoms with E-state index in [0.29, 0.717) is 11.1 Å². The number of aliphatic hydroxyl groups is 1. The fourth-order valence-electron chi connectivity index (χ4n) is 3.01. The third-order valence-corrected chi connectivity index (χ3v) is 4.80. The normalized spacial score (nSPS) is 12.6. The summed E-state index contributed by atoms with van der Waals surface area (Å²) in [6, 6.07) is 6.96. The van der Waals surface area contributed by atoms with Gasteiger partial charge in [0.15, 0.2) is 6.23 Å². The van der Waals surface area contributed by atoms with Gasteiger partial charge in [0.2, 0.25) is 0 Å². The molecule has 10 heteroatoms. The Bertz CT molecular complexity index is 1130. The summed E-state index contributed by atoms with van der Waals surface area (Å²) in [7, 11) is 0. The SMILES string of the molecule is Cc1cc(F)ccc1Cc1cc(C(F)(F)F)c(Cl)cc1C(O)Nc1cn[nH]c(=O)c1. The van der Waals surface area contributed by atoms with Crippen LogP contribution in [0.4, 0.5) is 23.2 Å². The van der Waals surface area contributed by atoms with Crippen LogP contribution in [0.15, 0.2) is 47.4 Å². The van der Waals surface area contributed by atoms with Crippen LogP contribution in [0.5, 0.6) is 0 Å². The zero-order valence-electron chi connectivity index (χ0n) is 15.5. The number of hydrogen-bond acceptors (Lipinski definition) is 4. The highest BCUT2D eigenvalue weighted by Crippen LogP contribution is 2.38. The third-order valence-electron chi connectivity index (χ3n) is 4.48. The Morgan fingerprint density at radius 3 is 2.57 bits per heavy atom. The van der Waals surface area contributed by atoms with E-state index in [4.69, 9.17) is 11.6 Å². The molecule has 158 valence electrons. The van der Waals surface area contributed by atoms with Gasteiger partial charge in [0.05, 0.1) is 22.5 Å². The van der Waals surface area contributed by atoms with E-state index in [1.807, 2.05) is 0 Å². The molecule has 0 radical (unpaired) electrons. The fourth-order valence-corrected chi connectivity index (χ4v) is 3.29. The summed E-state index contributed by atoms with van der Waals surface area (Å²) in [6.45, 7) is 1.63. The third kappa shape index (κ3) is 4.98. The van der Waals surface area contributed by atoms with Crippen LogP contribution in [0.1, 0.15) is 34.0 Å². The van der Waals surface area contributed by atoms with Crippen molar-refractivity contribution in [3.8, 4) is 0 Å². The van der Waals surface area contributed by atoms with Crippen LogP contribution >= 0.6 is 11.6 Å². The zero-order valence-corrected chi connectivity index (χ0v) is 16.3. The van der Waals surface area contributed by atoms with Crippen molar-refractivity contribution in [3.63, 3.8) is 0 Å². The van der Waals surface area contributed by atoms with Gasteiger partial charge in [-0.05, 0) is 54.3 Å². The van der Waals surface area contributed by atoms with Crippen LogP contribution in [0.25, 0.3) is 0 Å². The Morgan fingerprint density at radius 1 is 1.20 bits per heavy atom. The summed E-state index contributed by atoms with van der Waals surface area (Å²) in [5.74, 6) is -0.466. The maximum atomic E-state index is 13.4. The topological polar surface area (TPSA) is 78.0 Å². The van der Waals surface area contributed by atoms with Crippen LogP contribution in [-0.4, -0.2) is 15.3 Å². The molecule has 1 aromatic heterocycles. The summed E-state index contributed by atoms with van der Waals surface area (Å²) in [5.41, 5.74) is -0.0706. The number of nitrogens with zero attached hydrogens (tertiary/aromatic N) is 1. The Labute approximate surface area is 173 Å². The van der Waals surface area contributed by atoms with Crippen molar-refractivity contribution in [2.45, 2.75) is 25.7 Å². The van der Waals surface area contributed by atoms with E-state index >= 15 is 0 Å². The van der Waals surface area contributed by atoms with Crippen LogP contribution < -0.4 is 10.9 Å². The minimum Gasteiger partial charge on any atom is -0.369 e. The molecule has 3 aromatic rings. The van der Waals surface area contributed by atoms with E-state index in [9.17, 15) is 27.5 Å². The van der Waals surface area contributed by atoms with Crippen LogP contribution in [-0.2, 0) is 12.6 Å². The summed E-state index contributed by atoms with van der Waals surface area (Å²) in [6.07, 6.45) is -4.95. The minimum absolute atomic E-state index is 0.00589. The first-order valence-electron chi connectivity index (χ1n) is 8.68. The maximum Gasteiger partial charge on any atom is 0.417 e. The molecule has 1 unspecified atom stereocenters. The first kappa shape index (κ1) is 21.8. The maximum absolute atomic E-state index is 13.4. The lowest BCUT2D eigenvalue weighted by Gasteiger charge is -2.21. The van der Waals surface area contributed by atoms with Crippen LogP contribution in [0.2, 0.25) is 5.02 Å². The number of nitrogens with one attached hydrogen (secondary N) is 2. The monoisotopic (exact) mass is 441 g/mol. The van der Waals surface area contributed by atoms with Crippen molar-refractivity contribution in [2.75, 3.05) is 5.32 Å². The van der Waals surface area contributed by atoms with Crippen molar-refractivity contribution >= 4 is 17.3 Å². The highest BCUT2D eigenvalue weighted by molar-refractivity contribution is 6.31. The smallest absolute Gasteiger partial charge is 0.369 e. The van der Waals surface area contributed by atoms with E-state index < -0.39 is 34.4 Å². The molecular formula is C20H16ClF4N3O2. The van der Waals surface area contributed by atoms with E-state index in [1.54, 1.807) is 6.92 Å². The molecule has 0 aliphatic rings. The van der Waals surface area contributed by atoms with E-state index in [0.717, 1.165) is 18.2 Å². The molecule has 2 aromatic carbocycles. The Morgan fingerprint density at radius 2 is 1.93 bits per heavy atom.